The van der Waals surface area contributed by atoms with Crippen LogP contribution in [0.5, 0.6) is 0 Å². The molecule has 0 aliphatic heterocycles. The summed E-state index contributed by atoms with van der Waals surface area (Å²) in [6, 6.07) is 134. The molecule has 7 aromatic heterocycles. The minimum absolute atomic E-state index is 0.0891. The van der Waals surface area contributed by atoms with Crippen molar-refractivity contribution >= 4 is 98.1 Å². The predicted octanol–water partition coefficient (Wildman–Crippen LogP) is 29.1. The van der Waals surface area contributed by atoms with Crippen LogP contribution in [-0.2, 0) is 16.2 Å². The molecule has 0 radical (unpaired) electrons. The third kappa shape index (κ3) is 10.8. The molecule has 0 atom stereocenters. The zero-order chi connectivity index (χ0) is 83.3. The molecule has 26 rings (SSSR count). The van der Waals surface area contributed by atoms with E-state index < -0.39 is 0 Å². The summed E-state index contributed by atoms with van der Waals surface area (Å²) in [5, 5.41) is 10.7. The highest BCUT2D eigenvalue weighted by Gasteiger charge is 2.41. The van der Waals surface area contributed by atoms with Gasteiger partial charge in [-0.25, -0.2) is 19.9 Å². The molecule has 23 aromatic rings. The van der Waals surface area contributed by atoms with E-state index in [-0.39, 0.29) is 16.2 Å². The number of para-hydroxylation sites is 5. The maximum atomic E-state index is 5.38. The van der Waals surface area contributed by atoms with Crippen molar-refractivity contribution in [1.29, 1.82) is 0 Å². The number of nitrogens with zero attached hydrogens (tertiary/aromatic N) is 9. The van der Waals surface area contributed by atoms with E-state index in [4.69, 9.17) is 24.9 Å². The van der Waals surface area contributed by atoms with Crippen molar-refractivity contribution in [1.82, 2.24) is 43.2 Å². The minimum atomic E-state index is -0.218. The summed E-state index contributed by atoms with van der Waals surface area (Å²) < 4.78 is 9.36. The van der Waals surface area contributed by atoms with Crippen LogP contribution in [0.4, 0.5) is 0 Å². The second-order valence-corrected chi connectivity index (χ2v) is 35.4. The summed E-state index contributed by atoms with van der Waals surface area (Å²) in [6.07, 6.45) is 3.82. The minimum Gasteiger partial charge on any atom is -0.309 e. The van der Waals surface area contributed by atoms with E-state index in [1.807, 2.05) is 18.5 Å². The first kappa shape index (κ1) is 72.1. The molecule has 0 spiro atoms. The largest absolute Gasteiger partial charge is 0.309 e. The van der Waals surface area contributed by atoms with Crippen molar-refractivity contribution in [3.8, 4) is 113 Å². The van der Waals surface area contributed by atoms with Crippen LogP contribution in [0.25, 0.3) is 211 Å². The molecule has 0 amide bonds. The molecule has 0 unspecified atom stereocenters. The second kappa shape index (κ2) is 27.1. The average Bonchev–Trinajstić information content (AvgIpc) is 1.54. The lowest BCUT2D eigenvalue weighted by Crippen LogP contribution is -2.16. The summed E-state index contributed by atoms with van der Waals surface area (Å²) in [4.78, 5) is 25.7. The van der Waals surface area contributed by atoms with Gasteiger partial charge in [0, 0.05) is 105 Å². The molecular formula is C116H81N9. The van der Waals surface area contributed by atoms with Crippen LogP contribution in [0, 0.1) is 0 Å². The summed E-state index contributed by atoms with van der Waals surface area (Å²) >= 11 is 0. The number of rotatable bonds is 9. The smallest absolute Gasteiger partial charge is 0.235 e. The Bertz CT molecular complexity index is 8490. The molecule has 125 heavy (non-hydrogen) atoms. The summed E-state index contributed by atoms with van der Waals surface area (Å²) in [5.41, 5.74) is 38.7. The molecular weight excluding hydrogens is 1520 g/mol. The normalized spacial score (nSPS) is 13.7. The van der Waals surface area contributed by atoms with Crippen molar-refractivity contribution in [2.75, 3.05) is 0 Å². The van der Waals surface area contributed by atoms with Gasteiger partial charge >= 0.3 is 0 Å². The Morgan fingerprint density at radius 1 is 0.232 bits per heavy atom. The molecule has 7 heterocycles. The Labute approximate surface area is 722 Å². The van der Waals surface area contributed by atoms with Gasteiger partial charge in [0.15, 0.2) is 0 Å². The summed E-state index contributed by atoms with van der Waals surface area (Å²) in [7, 11) is 0. The first-order valence-electron chi connectivity index (χ1n) is 43.3. The fourth-order valence-corrected chi connectivity index (χ4v) is 21.6. The Balaban J connectivity index is 0.000000137. The standard InChI is InChI=1S/C58H39N5.C58H42N4/c1-58(2)48-20-13-33-59-55(48)45-30-29-43-47-35-40(27-31-51(47)62(56(43)53(45)58)41-16-7-4-8-17-41)39-28-32-52-46(34-39)42-18-10-12-22-50(42)63(52)57-60-49-21-11-9-19-44(49)54(61-57)38-25-23-37(24-26-38)36-14-5-3-6-15-36;1-57(2)46-20-12-9-18-42(46)54-47(57)26-29-53-55(54)44-33-36(24-28-52(44)61(53)38-14-6-5-7-15-38)35-23-27-51-43(32-35)41-17-10-13-21-50(41)62(51)56-59-31-30-49(60-56)37-22-25-40-39-16-8-11-19-45(39)58(3,4)48(40)34-37/h3-35H,1-2H3;5-34H,1-4H3. The highest BCUT2D eigenvalue weighted by atomic mass is 15.2. The van der Waals surface area contributed by atoms with E-state index in [2.05, 4.69) is 424 Å². The van der Waals surface area contributed by atoms with Crippen LogP contribution < -0.4 is 0 Å². The zero-order valence-electron chi connectivity index (χ0n) is 69.9. The number of pyridine rings is 1. The topological polar surface area (TPSA) is 84.2 Å². The Hall–Kier alpha value is -15.7. The number of fused-ring (bicyclic) bond motifs is 24. The molecule has 0 fully saturated rings. The highest BCUT2D eigenvalue weighted by Crippen LogP contribution is 2.57. The number of aromatic nitrogens is 9. The molecule has 3 aliphatic rings. The number of hydrogen-bond acceptors (Lipinski definition) is 5. The average molecular weight is 1600 g/mol. The Kier molecular flexibility index (Phi) is 15.7. The van der Waals surface area contributed by atoms with Gasteiger partial charge in [-0.2, -0.15) is 0 Å². The highest BCUT2D eigenvalue weighted by molar-refractivity contribution is 6.20. The van der Waals surface area contributed by atoms with Gasteiger partial charge in [-0.05, 0) is 204 Å². The Morgan fingerprint density at radius 3 is 1.38 bits per heavy atom. The van der Waals surface area contributed by atoms with E-state index in [1.165, 1.54) is 143 Å². The summed E-state index contributed by atoms with van der Waals surface area (Å²) in [5.74, 6) is 1.31. The van der Waals surface area contributed by atoms with Gasteiger partial charge in [0.1, 0.15) is 0 Å². The third-order valence-electron chi connectivity index (χ3n) is 27.6. The maximum absolute atomic E-state index is 5.38. The molecule has 0 saturated carbocycles. The molecule has 16 aromatic carbocycles. The van der Waals surface area contributed by atoms with Gasteiger partial charge < -0.3 is 9.13 Å². The maximum Gasteiger partial charge on any atom is 0.235 e. The van der Waals surface area contributed by atoms with Crippen LogP contribution in [0.1, 0.15) is 74.9 Å². The Morgan fingerprint density at radius 2 is 0.704 bits per heavy atom. The lowest BCUT2D eigenvalue weighted by Gasteiger charge is -2.23. The van der Waals surface area contributed by atoms with Crippen LogP contribution in [0.3, 0.4) is 0 Å². The number of benzene rings is 16. The molecule has 0 saturated heterocycles. The number of hydrogen-bond donors (Lipinski definition) is 0. The molecule has 9 nitrogen and oxygen atoms in total. The first-order valence-corrected chi connectivity index (χ1v) is 43.3. The van der Waals surface area contributed by atoms with Crippen molar-refractivity contribution in [2.45, 2.75) is 57.8 Å². The molecule has 0 bridgehead atoms. The van der Waals surface area contributed by atoms with Gasteiger partial charge in [-0.1, -0.05) is 296 Å². The predicted molar refractivity (Wildman–Crippen MR) is 517 cm³/mol. The second-order valence-electron chi connectivity index (χ2n) is 35.4. The van der Waals surface area contributed by atoms with Gasteiger partial charge in [0.05, 0.1) is 66.7 Å². The fourth-order valence-electron chi connectivity index (χ4n) is 21.6. The molecule has 0 N–H and O–H groups in total. The molecule has 590 valence electrons. The van der Waals surface area contributed by atoms with Crippen LogP contribution >= 0.6 is 0 Å². The van der Waals surface area contributed by atoms with E-state index >= 15 is 0 Å². The molecule has 3 aliphatic carbocycles. The van der Waals surface area contributed by atoms with E-state index in [1.54, 1.807) is 0 Å². The quantitative estimate of drug-likeness (QED) is 0.144. The fraction of sp³-hybridized carbons (Fsp3) is 0.0776. The van der Waals surface area contributed by atoms with Gasteiger partial charge in [0.25, 0.3) is 0 Å². The van der Waals surface area contributed by atoms with E-state index in [0.717, 1.165) is 88.9 Å². The van der Waals surface area contributed by atoms with Crippen molar-refractivity contribution < 1.29 is 0 Å². The summed E-state index contributed by atoms with van der Waals surface area (Å²) in [6.45, 7) is 14.1. The van der Waals surface area contributed by atoms with Crippen LogP contribution in [-0.4, -0.2) is 43.2 Å². The van der Waals surface area contributed by atoms with E-state index in [9.17, 15) is 0 Å². The van der Waals surface area contributed by atoms with Crippen molar-refractivity contribution in [2.24, 2.45) is 0 Å². The first-order chi connectivity index (χ1) is 61.3. The zero-order valence-corrected chi connectivity index (χ0v) is 69.9. The van der Waals surface area contributed by atoms with E-state index in [0.29, 0.717) is 11.9 Å². The van der Waals surface area contributed by atoms with Crippen LogP contribution in [0.2, 0.25) is 0 Å². The van der Waals surface area contributed by atoms with Gasteiger partial charge in [-0.3, -0.25) is 14.1 Å². The van der Waals surface area contributed by atoms with Crippen molar-refractivity contribution in [3.63, 3.8) is 0 Å². The van der Waals surface area contributed by atoms with Gasteiger partial charge in [0.2, 0.25) is 11.9 Å². The van der Waals surface area contributed by atoms with Gasteiger partial charge in [-0.15, -0.1) is 0 Å². The lowest BCUT2D eigenvalue weighted by atomic mass is 9.81. The molecule has 9 heteroatoms. The van der Waals surface area contributed by atoms with Crippen molar-refractivity contribution in [3.05, 3.63) is 416 Å². The lowest BCUT2D eigenvalue weighted by molar-refractivity contribution is 0.660. The SMILES string of the molecule is CC1(C)c2ccccc2-c2ccc(-c3ccnc(-n4c5ccccc5c5cc(-c6ccc7c(c6)c6c8c(ccc6n7-c6ccccc6)C(C)(C)c6ccccc6-8)ccc54)n3)cc21.CC1(C)c2cccnc2-c2ccc3c4cc(-c5ccc6c(c5)c5ccccc5n6-c5nc(-c6ccc(-c7ccccc7)cc6)c6ccccc6n5)ccc4n(-c4ccccc4)c3c21. The van der Waals surface area contributed by atoms with Crippen LogP contribution in [0.15, 0.2) is 382 Å². The monoisotopic (exact) mass is 1600 g/mol. The third-order valence-corrected chi connectivity index (χ3v) is 27.6.